The van der Waals surface area contributed by atoms with E-state index in [1.165, 1.54) is 11.0 Å². The van der Waals surface area contributed by atoms with Gasteiger partial charge in [0.2, 0.25) is 5.91 Å². The van der Waals surface area contributed by atoms with E-state index in [4.69, 9.17) is 0 Å². The highest BCUT2D eigenvalue weighted by molar-refractivity contribution is 6.15. The Morgan fingerprint density at radius 3 is 2.52 bits per heavy atom. The molecule has 3 rings (SSSR count). The molecule has 1 aliphatic heterocycles. The highest BCUT2D eigenvalue weighted by Crippen LogP contribution is 2.25. The SMILES string of the molecule is Cc1cc(CNC(=O)CN2C(=O)C(C)N(c3ccccc3)C2=O)ccc1F. The Balaban J connectivity index is 1.64. The standard InChI is InChI=1S/C20H20FN3O3/c1-13-10-15(8-9-17(13)21)11-22-18(25)12-23-19(26)14(2)24(20(23)27)16-6-4-3-5-7-16/h3-10,14H,11-12H2,1-2H3,(H,22,25). The van der Waals surface area contributed by atoms with E-state index in [1.54, 1.807) is 50.2 Å². The lowest BCUT2D eigenvalue weighted by Gasteiger charge is -2.19. The molecule has 0 bridgehead atoms. The Hall–Kier alpha value is -3.22. The predicted octanol–water partition coefficient (Wildman–Crippen LogP) is 2.61. The Bertz CT molecular complexity index is 885. The number of carbonyl (C=O) groups excluding carboxylic acids is 3. The molecule has 0 aromatic heterocycles. The predicted molar refractivity (Wildman–Crippen MR) is 98.5 cm³/mol. The van der Waals surface area contributed by atoms with Gasteiger partial charge in [-0.3, -0.25) is 19.4 Å². The molecule has 1 atom stereocenters. The van der Waals surface area contributed by atoms with Crippen LogP contribution in [0.4, 0.5) is 14.9 Å². The summed E-state index contributed by atoms with van der Waals surface area (Å²) in [5.74, 6) is -1.19. The van der Waals surface area contributed by atoms with Crippen LogP contribution in [0.3, 0.4) is 0 Å². The minimum absolute atomic E-state index is 0.189. The maximum Gasteiger partial charge on any atom is 0.332 e. The molecule has 1 fully saturated rings. The summed E-state index contributed by atoms with van der Waals surface area (Å²) in [6.07, 6.45) is 0. The van der Waals surface area contributed by atoms with Gasteiger partial charge in [0.15, 0.2) is 0 Å². The molecule has 0 spiro atoms. The summed E-state index contributed by atoms with van der Waals surface area (Å²) in [5, 5.41) is 2.66. The summed E-state index contributed by atoms with van der Waals surface area (Å²) in [6, 6.07) is 12.2. The monoisotopic (exact) mass is 369 g/mol. The van der Waals surface area contributed by atoms with Gasteiger partial charge in [-0.25, -0.2) is 9.18 Å². The van der Waals surface area contributed by atoms with Crippen molar-refractivity contribution in [2.75, 3.05) is 11.4 Å². The first-order valence-electron chi connectivity index (χ1n) is 8.60. The van der Waals surface area contributed by atoms with Gasteiger partial charge in [0.05, 0.1) is 0 Å². The van der Waals surface area contributed by atoms with E-state index < -0.39 is 23.9 Å². The summed E-state index contributed by atoms with van der Waals surface area (Å²) >= 11 is 0. The fourth-order valence-corrected chi connectivity index (χ4v) is 3.01. The third-order valence-electron chi connectivity index (χ3n) is 4.50. The number of benzene rings is 2. The van der Waals surface area contributed by atoms with E-state index in [-0.39, 0.29) is 18.9 Å². The number of rotatable bonds is 5. The molecule has 4 amide bonds. The van der Waals surface area contributed by atoms with Crippen LogP contribution in [0.2, 0.25) is 0 Å². The van der Waals surface area contributed by atoms with Gasteiger partial charge in [-0.2, -0.15) is 0 Å². The van der Waals surface area contributed by atoms with Gasteiger partial charge in [0.1, 0.15) is 18.4 Å². The smallest absolute Gasteiger partial charge is 0.332 e. The second-order valence-electron chi connectivity index (χ2n) is 6.45. The van der Waals surface area contributed by atoms with Crippen molar-refractivity contribution in [3.8, 4) is 0 Å². The van der Waals surface area contributed by atoms with Gasteiger partial charge >= 0.3 is 6.03 Å². The van der Waals surface area contributed by atoms with Crippen LogP contribution in [-0.2, 0) is 16.1 Å². The lowest BCUT2D eigenvalue weighted by molar-refractivity contribution is -0.131. The van der Waals surface area contributed by atoms with E-state index in [0.717, 1.165) is 10.5 Å². The number of nitrogens with zero attached hydrogens (tertiary/aromatic N) is 2. The molecule has 1 heterocycles. The van der Waals surface area contributed by atoms with E-state index in [2.05, 4.69) is 5.32 Å². The number of hydrogen-bond donors (Lipinski definition) is 1. The molecule has 1 unspecified atom stereocenters. The van der Waals surface area contributed by atoms with Crippen LogP contribution >= 0.6 is 0 Å². The van der Waals surface area contributed by atoms with Crippen LogP contribution in [0, 0.1) is 12.7 Å². The Labute approximate surface area is 156 Å². The van der Waals surface area contributed by atoms with E-state index in [0.29, 0.717) is 11.3 Å². The first-order chi connectivity index (χ1) is 12.9. The fourth-order valence-electron chi connectivity index (χ4n) is 3.01. The number of aryl methyl sites for hydroxylation is 1. The third-order valence-corrected chi connectivity index (χ3v) is 4.50. The summed E-state index contributed by atoms with van der Waals surface area (Å²) in [4.78, 5) is 39.6. The van der Waals surface area contributed by atoms with Crippen molar-refractivity contribution in [2.24, 2.45) is 0 Å². The lowest BCUT2D eigenvalue weighted by Crippen LogP contribution is -2.41. The maximum atomic E-state index is 13.3. The van der Waals surface area contributed by atoms with Crippen LogP contribution < -0.4 is 10.2 Å². The van der Waals surface area contributed by atoms with Crippen molar-refractivity contribution in [3.05, 3.63) is 65.5 Å². The minimum Gasteiger partial charge on any atom is -0.350 e. The van der Waals surface area contributed by atoms with Gasteiger partial charge < -0.3 is 5.32 Å². The van der Waals surface area contributed by atoms with Gasteiger partial charge in [-0.1, -0.05) is 30.3 Å². The summed E-state index contributed by atoms with van der Waals surface area (Å²) in [5.41, 5.74) is 1.83. The van der Waals surface area contributed by atoms with Crippen LogP contribution in [0.15, 0.2) is 48.5 Å². The molecule has 27 heavy (non-hydrogen) atoms. The molecular formula is C20H20FN3O3. The summed E-state index contributed by atoms with van der Waals surface area (Å²) < 4.78 is 13.3. The fraction of sp³-hybridized carbons (Fsp3) is 0.250. The zero-order chi connectivity index (χ0) is 19.6. The Kier molecular flexibility index (Phi) is 5.21. The number of anilines is 1. The Morgan fingerprint density at radius 2 is 1.85 bits per heavy atom. The molecule has 140 valence electrons. The number of hydrogen-bond acceptors (Lipinski definition) is 3. The highest BCUT2D eigenvalue weighted by atomic mass is 19.1. The molecule has 1 aliphatic rings. The van der Waals surface area contributed by atoms with Crippen LogP contribution in [0.5, 0.6) is 0 Å². The van der Waals surface area contributed by atoms with Gasteiger partial charge in [-0.15, -0.1) is 0 Å². The largest absolute Gasteiger partial charge is 0.350 e. The molecule has 0 saturated carbocycles. The Morgan fingerprint density at radius 1 is 1.15 bits per heavy atom. The van der Waals surface area contributed by atoms with Crippen molar-refractivity contribution >= 4 is 23.5 Å². The number of carbonyl (C=O) groups is 3. The van der Waals surface area contributed by atoms with Gasteiger partial charge in [-0.05, 0) is 43.2 Å². The second kappa shape index (κ2) is 7.57. The number of imide groups is 1. The van der Waals surface area contributed by atoms with E-state index in [1.807, 2.05) is 6.07 Å². The third kappa shape index (κ3) is 3.81. The van der Waals surface area contributed by atoms with Crippen molar-refractivity contribution in [2.45, 2.75) is 26.4 Å². The van der Waals surface area contributed by atoms with Crippen LogP contribution in [0.1, 0.15) is 18.1 Å². The molecule has 2 aromatic rings. The maximum absolute atomic E-state index is 13.3. The van der Waals surface area contributed by atoms with E-state index >= 15 is 0 Å². The van der Waals surface area contributed by atoms with Gasteiger partial charge in [0, 0.05) is 12.2 Å². The van der Waals surface area contributed by atoms with Crippen molar-refractivity contribution in [1.82, 2.24) is 10.2 Å². The average molecular weight is 369 g/mol. The molecule has 1 saturated heterocycles. The van der Waals surface area contributed by atoms with Gasteiger partial charge in [0.25, 0.3) is 5.91 Å². The normalized spacial score (nSPS) is 16.8. The zero-order valence-electron chi connectivity index (χ0n) is 15.1. The number of urea groups is 1. The molecule has 6 nitrogen and oxygen atoms in total. The lowest BCUT2D eigenvalue weighted by atomic mass is 10.1. The molecule has 1 N–H and O–H groups in total. The second-order valence-corrected chi connectivity index (χ2v) is 6.45. The topological polar surface area (TPSA) is 69.7 Å². The quantitative estimate of drug-likeness (QED) is 0.824. The van der Waals surface area contributed by atoms with E-state index in [9.17, 15) is 18.8 Å². The molecule has 2 aromatic carbocycles. The first kappa shape index (κ1) is 18.6. The van der Waals surface area contributed by atoms with Crippen molar-refractivity contribution in [3.63, 3.8) is 0 Å². The first-order valence-corrected chi connectivity index (χ1v) is 8.60. The number of nitrogens with one attached hydrogen (secondary N) is 1. The number of amides is 4. The number of para-hydroxylation sites is 1. The average Bonchev–Trinajstić information content (AvgIpc) is 2.87. The molecule has 0 aliphatic carbocycles. The number of halogens is 1. The minimum atomic E-state index is -0.674. The van der Waals surface area contributed by atoms with Crippen LogP contribution in [-0.4, -0.2) is 35.3 Å². The molecule has 0 radical (unpaired) electrons. The summed E-state index contributed by atoms with van der Waals surface area (Å²) in [7, 11) is 0. The molecular weight excluding hydrogens is 349 g/mol. The zero-order valence-corrected chi connectivity index (χ0v) is 15.1. The van der Waals surface area contributed by atoms with Crippen LogP contribution in [0.25, 0.3) is 0 Å². The molecule has 7 heteroatoms. The van der Waals surface area contributed by atoms with Crippen molar-refractivity contribution < 1.29 is 18.8 Å². The highest BCUT2D eigenvalue weighted by Gasteiger charge is 2.43. The van der Waals surface area contributed by atoms with Crippen molar-refractivity contribution in [1.29, 1.82) is 0 Å². The summed E-state index contributed by atoms with van der Waals surface area (Å²) in [6.45, 7) is 3.11.